The third kappa shape index (κ3) is 2.82. The van der Waals surface area contributed by atoms with Crippen molar-refractivity contribution in [1.82, 2.24) is 0 Å². The molecular formula is C17H21N3O. The van der Waals surface area contributed by atoms with Crippen molar-refractivity contribution in [3.63, 3.8) is 0 Å². The van der Waals surface area contributed by atoms with Gasteiger partial charge < -0.3 is 5.11 Å². The second-order valence-electron chi connectivity index (χ2n) is 6.46. The Hall–Kier alpha value is -1.77. The second kappa shape index (κ2) is 5.92. The summed E-state index contributed by atoms with van der Waals surface area (Å²) in [5.74, 6) is 0.914. The van der Waals surface area contributed by atoms with Crippen LogP contribution in [0.1, 0.15) is 37.3 Å². The van der Waals surface area contributed by atoms with Gasteiger partial charge in [-0.3, -0.25) is 0 Å². The van der Waals surface area contributed by atoms with E-state index in [-0.39, 0.29) is 12.0 Å². The number of benzene rings is 1. The van der Waals surface area contributed by atoms with Gasteiger partial charge in [0.15, 0.2) is 0 Å². The summed E-state index contributed by atoms with van der Waals surface area (Å²) >= 11 is 0. The number of aliphatic hydroxyl groups excluding tert-OH is 1. The predicted octanol–water partition coefficient (Wildman–Crippen LogP) is 4.39. The maximum absolute atomic E-state index is 10.6. The van der Waals surface area contributed by atoms with Crippen molar-refractivity contribution in [2.45, 2.75) is 37.8 Å². The molecule has 3 rings (SSSR count). The van der Waals surface area contributed by atoms with E-state index in [1.54, 1.807) is 0 Å². The molecule has 2 aliphatic rings. The van der Waals surface area contributed by atoms with Crippen LogP contribution in [0.15, 0.2) is 47.6 Å². The lowest BCUT2D eigenvalue weighted by atomic mass is 9.62. The van der Waals surface area contributed by atoms with E-state index in [2.05, 4.69) is 16.6 Å². The molecule has 0 aliphatic heterocycles. The van der Waals surface area contributed by atoms with Gasteiger partial charge >= 0.3 is 0 Å². The summed E-state index contributed by atoms with van der Waals surface area (Å²) in [6, 6.07) is 9.53. The Labute approximate surface area is 125 Å². The Morgan fingerprint density at radius 2 is 2.00 bits per heavy atom. The van der Waals surface area contributed by atoms with Crippen molar-refractivity contribution in [3.05, 3.63) is 58.5 Å². The first kappa shape index (κ1) is 14.2. The molecule has 0 spiro atoms. The van der Waals surface area contributed by atoms with Gasteiger partial charge in [0, 0.05) is 10.8 Å². The van der Waals surface area contributed by atoms with E-state index in [1.165, 1.54) is 5.57 Å². The van der Waals surface area contributed by atoms with Crippen molar-refractivity contribution in [2.24, 2.45) is 22.9 Å². The van der Waals surface area contributed by atoms with Crippen LogP contribution in [0.4, 0.5) is 0 Å². The molecule has 4 nitrogen and oxygen atoms in total. The van der Waals surface area contributed by atoms with Crippen LogP contribution in [0.5, 0.6) is 0 Å². The molecule has 4 heteroatoms. The Morgan fingerprint density at radius 1 is 1.24 bits per heavy atom. The molecule has 0 saturated heterocycles. The van der Waals surface area contributed by atoms with Crippen molar-refractivity contribution < 1.29 is 5.11 Å². The van der Waals surface area contributed by atoms with Gasteiger partial charge in [-0.05, 0) is 48.6 Å². The SMILES string of the molecule is C=C1CC2CC(C1)[C@@H]([C@H](N=[N+]=[N-])c1ccccc1)[C@@H](O)C2. The molecule has 2 saturated carbocycles. The minimum Gasteiger partial charge on any atom is -0.393 e. The molecule has 1 N–H and O–H groups in total. The van der Waals surface area contributed by atoms with E-state index in [1.807, 2.05) is 30.3 Å². The highest BCUT2D eigenvalue weighted by Gasteiger charge is 2.43. The van der Waals surface area contributed by atoms with E-state index < -0.39 is 6.10 Å². The van der Waals surface area contributed by atoms with Gasteiger partial charge in [0.05, 0.1) is 12.1 Å². The third-order valence-corrected chi connectivity index (χ3v) is 5.01. The lowest BCUT2D eigenvalue weighted by molar-refractivity contribution is -0.0163. The van der Waals surface area contributed by atoms with Crippen LogP contribution < -0.4 is 0 Å². The molecule has 2 bridgehead atoms. The Morgan fingerprint density at radius 3 is 2.71 bits per heavy atom. The third-order valence-electron chi connectivity index (χ3n) is 5.01. The molecular weight excluding hydrogens is 262 g/mol. The van der Waals surface area contributed by atoms with Crippen molar-refractivity contribution in [2.75, 3.05) is 0 Å². The summed E-state index contributed by atoms with van der Waals surface area (Å²) < 4.78 is 0. The van der Waals surface area contributed by atoms with Crippen LogP contribution in [-0.2, 0) is 0 Å². The van der Waals surface area contributed by atoms with Crippen molar-refractivity contribution in [3.8, 4) is 0 Å². The smallest absolute Gasteiger partial charge is 0.0680 e. The first-order valence-electron chi connectivity index (χ1n) is 7.63. The lowest BCUT2D eigenvalue weighted by Gasteiger charge is -2.46. The minimum atomic E-state index is -0.391. The molecule has 1 aromatic rings. The first-order valence-corrected chi connectivity index (χ1v) is 7.63. The van der Waals surface area contributed by atoms with E-state index in [0.717, 1.165) is 31.2 Å². The highest BCUT2D eigenvalue weighted by Crippen LogP contribution is 2.50. The van der Waals surface area contributed by atoms with Gasteiger partial charge in [-0.25, -0.2) is 0 Å². The highest BCUT2D eigenvalue weighted by molar-refractivity contribution is 5.22. The summed E-state index contributed by atoms with van der Waals surface area (Å²) in [4.78, 5) is 3.04. The van der Waals surface area contributed by atoms with Crippen LogP contribution in [-0.4, -0.2) is 11.2 Å². The molecule has 1 aromatic carbocycles. The molecule has 5 atom stereocenters. The normalized spacial score (nSPS) is 33.1. The molecule has 0 radical (unpaired) electrons. The number of hydrogen-bond donors (Lipinski definition) is 1. The monoisotopic (exact) mass is 283 g/mol. The van der Waals surface area contributed by atoms with E-state index in [0.29, 0.717) is 11.8 Å². The van der Waals surface area contributed by atoms with E-state index >= 15 is 0 Å². The van der Waals surface area contributed by atoms with Crippen LogP contribution in [0.3, 0.4) is 0 Å². The number of nitrogens with zero attached hydrogens (tertiary/aromatic N) is 3. The fourth-order valence-electron chi connectivity index (χ4n) is 4.28. The Kier molecular flexibility index (Phi) is 4.00. The maximum atomic E-state index is 10.6. The topological polar surface area (TPSA) is 69.0 Å². The lowest BCUT2D eigenvalue weighted by Crippen LogP contribution is -2.42. The first-order chi connectivity index (χ1) is 10.2. The van der Waals surface area contributed by atoms with Crippen molar-refractivity contribution >= 4 is 0 Å². The van der Waals surface area contributed by atoms with Gasteiger partial charge in [-0.2, -0.15) is 0 Å². The van der Waals surface area contributed by atoms with Crippen LogP contribution in [0.25, 0.3) is 10.4 Å². The summed E-state index contributed by atoms with van der Waals surface area (Å²) in [6.07, 6.45) is 3.51. The predicted molar refractivity (Wildman–Crippen MR) is 82.4 cm³/mol. The van der Waals surface area contributed by atoms with Gasteiger partial charge in [0.1, 0.15) is 0 Å². The summed E-state index contributed by atoms with van der Waals surface area (Å²) in [5, 5.41) is 14.6. The number of azide groups is 1. The molecule has 2 fully saturated rings. The Bertz CT molecular complexity index is 563. The summed E-state index contributed by atoms with van der Waals surface area (Å²) in [5.41, 5.74) is 11.2. The fourth-order valence-corrected chi connectivity index (χ4v) is 4.28. The molecule has 110 valence electrons. The standard InChI is InChI=1S/C17H21N3O/c1-11-7-12-9-14(8-11)16(15(21)10-12)17(19-20-18)13-5-3-2-4-6-13/h2-6,12,14-17,21H,1,7-10H2/t12?,14?,15-,16+,17+/m0/s1. The number of fused-ring (bicyclic) bond motifs is 2. The quantitative estimate of drug-likeness (QED) is 0.380. The highest BCUT2D eigenvalue weighted by atomic mass is 16.3. The van der Waals surface area contributed by atoms with Gasteiger partial charge in [0.2, 0.25) is 0 Å². The molecule has 2 unspecified atom stereocenters. The molecule has 0 aromatic heterocycles. The maximum Gasteiger partial charge on any atom is 0.0680 e. The minimum absolute atomic E-state index is 0.00315. The van der Waals surface area contributed by atoms with Crippen LogP contribution in [0.2, 0.25) is 0 Å². The summed E-state index contributed by atoms with van der Waals surface area (Å²) in [7, 11) is 0. The summed E-state index contributed by atoms with van der Waals surface area (Å²) in [6.45, 7) is 4.15. The van der Waals surface area contributed by atoms with Gasteiger partial charge in [-0.1, -0.05) is 47.6 Å². The van der Waals surface area contributed by atoms with Gasteiger partial charge in [0.25, 0.3) is 0 Å². The van der Waals surface area contributed by atoms with E-state index in [4.69, 9.17) is 5.53 Å². The Balaban J connectivity index is 1.94. The average Bonchev–Trinajstić information content (AvgIpc) is 2.46. The zero-order valence-electron chi connectivity index (χ0n) is 12.1. The average molecular weight is 283 g/mol. The molecule has 0 amide bonds. The molecule has 0 heterocycles. The number of rotatable bonds is 3. The number of hydrogen-bond acceptors (Lipinski definition) is 2. The number of allylic oxidation sites excluding steroid dienone is 1. The van der Waals surface area contributed by atoms with Crippen LogP contribution in [0, 0.1) is 17.8 Å². The van der Waals surface area contributed by atoms with Crippen molar-refractivity contribution in [1.29, 1.82) is 0 Å². The van der Waals surface area contributed by atoms with Crippen LogP contribution >= 0.6 is 0 Å². The largest absolute Gasteiger partial charge is 0.393 e. The van der Waals surface area contributed by atoms with Gasteiger partial charge in [-0.15, -0.1) is 0 Å². The second-order valence-corrected chi connectivity index (χ2v) is 6.46. The zero-order chi connectivity index (χ0) is 14.8. The zero-order valence-corrected chi connectivity index (χ0v) is 12.1. The van der Waals surface area contributed by atoms with E-state index in [9.17, 15) is 5.11 Å². The molecule has 2 aliphatic carbocycles. The fraction of sp³-hybridized carbons (Fsp3) is 0.529. The molecule has 21 heavy (non-hydrogen) atoms. The number of aliphatic hydroxyl groups is 1.